The Balaban J connectivity index is 1.39. The highest BCUT2D eigenvalue weighted by Gasteiger charge is 2.34. The minimum absolute atomic E-state index is 0.0880. The van der Waals surface area contributed by atoms with Crippen LogP contribution in [0.3, 0.4) is 0 Å². The maximum atomic E-state index is 11.1. The number of aromatic nitrogens is 3. The number of nitrogens with one attached hydrogen (secondary N) is 2. The van der Waals surface area contributed by atoms with Crippen LogP contribution in [0, 0.1) is 0 Å². The first-order valence-electron chi connectivity index (χ1n) is 12.6. The van der Waals surface area contributed by atoms with E-state index in [4.69, 9.17) is 10.8 Å². The zero-order chi connectivity index (χ0) is 26.3. The van der Waals surface area contributed by atoms with E-state index >= 15 is 0 Å². The van der Waals surface area contributed by atoms with Crippen LogP contribution in [0.2, 0.25) is 0 Å². The Hall–Kier alpha value is -3.60. The van der Waals surface area contributed by atoms with Gasteiger partial charge in [0.1, 0.15) is 5.82 Å². The molecule has 37 heavy (non-hydrogen) atoms. The second kappa shape index (κ2) is 12.1. The van der Waals surface area contributed by atoms with Gasteiger partial charge in [0, 0.05) is 68.1 Å². The molecule has 5 N–H and O–H groups in total. The molecule has 1 fully saturated rings. The largest absolute Gasteiger partial charge is 0.480 e. The molecule has 0 radical (unpaired) electrons. The summed E-state index contributed by atoms with van der Waals surface area (Å²) < 4.78 is 0. The maximum absolute atomic E-state index is 11.1. The molecule has 196 valence electrons. The van der Waals surface area contributed by atoms with E-state index in [2.05, 4.69) is 56.5 Å². The van der Waals surface area contributed by atoms with Crippen LogP contribution in [0.1, 0.15) is 25.8 Å². The topological polar surface area (TPSA) is 133 Å². The SMILES string of the molecule is CC1(C)CN(CC(=O)O)CCN1Cc1cccc(Nc2cc(-c3cnc(NCCCN)nc3)ccn2)c1. The molecule has 0 aliphatic carbocycles. The Morgan fingerprint density at radius 2 is 1.92 bits per heavy atom. The quantitative estimate of drug-likeness (QED) is 0.289. The predicted octanol–water partition coefficient (Wildman–Crippen LogP) is 3.02. The van der Waals surface area contributed by atoms with Crippen LogP contribution in [0.4, 0.5) is 17.5 Å². The fourth-order valence-corrected chi connectivity index (χ4v) is 4.58. The van der Waals surface area contributed by atoms with Gasteiger partial charge >= 0.3 is 5.97 Å². The number of benzene rings is 1. The molecular formula is C27H36N8O2. The standard InChI is InChI=1S/C27H36N8O2/c1-27(2)19-34(18-25(36)37)11-12-35(27)17-20-5-3-6-23(13-20)33-24-14-21(7-10-29-24)22-15-31-26(32-16-22)30-9-4-8-28/h3,5-7,10,13-16H,4,8-9,11-12,17-19,28H2,1-2H3,(H,29,33)(H,36,37)(H,30,31,32). The number of pyridine rings is 1. The summed E-state index contributed by atoms with van der Waals surface area (Å²) in [6.45, 7) is 8.90. The van der Waals surface area contributed by atoms with Crippen molar-refractivity contribution in [3.8, 4) is 11.1 Å². The Morgan fingerprint density at radius 3 is 2.65 bits per heavy atom. The first kappa shape index (κ1) is 26.5. The van der Waals surface area contributed by atoms with Crippen molar-refractivity contribution in [2.24, 2.45) is 5.73 Å². The average molecular weight is 505 g/mol. The van der Waals surface area contributed by atoms with E-state index in [1.807, 2.05) is 29.2 Å². The lowest BCUT2D eigenvalue weighted by atomic mass is 9.97. The number of carbonyl (C=O) groups is 1. The van der Waals surface area contributed by atoms with Gasteiger partial charge in [0.2, 0.25) is 5.95 Å². The number of carboxylic acid groups (broad SMARTS) is 1. The molecule has 0 atom stereocenters. The molecule has 0 bridgehead atoms. The zero-order valence-electron chi connectivity index (χ0n) is 21.5. The predicted molar refractivity (Wildman–Crippen MR) is 146 cm³/mol. The van der Waals surface area contributed by atoms with Crippen LogP contribution in [0.5, 0.6) is 0 Å². The van der Waals surface area contributed by atoms with Gasteiger partial charge in [-0.05, 0) is 62.2 Å². The lowest BCUT2D eigenvalue weighted by Gasteiger charge is -2.47. The molecule has 1 aromatic carbocycles. The number of hydrogen-bond donors (Lipinski definition) is 4. The van der Waals surface area contributed by atoms with E-state index < -0.39 is 5.97 Å². The Kier molecular flexibility index (Phi) is 8.65. The molecule has 4 rings (SSSR count). The van der Waals surface area contributed by atoms with Crippen LogP contribution >= 0.6 is 0 Å². The number of nitrogens with zero attached hydrogens (tertiary/aromatic N) is 5. The van der Waals surface area contributed by atoms with E-state index in [9.17, 15) is 4.79 Å². The maximum Gasteiger partial charge on any atom is 0.317 e. The van der Waals surface area contributed by atoms with Crippen molar-refractivity contribution in [2.45, 2.75) is 32.4 Å². The highest BCUT2D eigenvalue weighted by Crippen LogP contribution is 2.26. The molecule has 10 nitrogen and oxygen atoms in total. The monoisotopic (exact) mass is 504 g/mol. The van der Waals surface area contributed by atoms with Crippen molar-refractivity contribution in [1.29, 1.82) is 0 Å². The Bertz CT molecular complexity index is 1190. The average Bonchev–Trinajstić information content (AvgIpc) is 2.86. The van der Waals surface area contributed by atoms with Crippen molar-refractivity contribution in [3.63, 3.8) is 0 Å². The van der Waals surface area contributed by atoms with Crippen LogP contribution in [0.15, 0.2) is 55.0 Å². The summed E-state index contributed by atoms with van der Waals surface area (Å²) in [5, 5.41) is 15.7. The van der Waals surface area contributed by atoms with E-state index in [1.165, 1.54) is 5.56 Å². The number of anilines is 3. The van der Waals surface area contributed by atoms with Gasteiger partial charge in [0.05, 0.1) is 6.54 Å². The Labute approximate surface area is 217 Å². The number of nitrogens with two attached hydrogens (primary N) is 1. The van der Waals surface area contributed by atoms with Gasteiger partial charge in [0.15, 0.2) is 0 Å². The molecule has 3 heterocycles. The van der Waals surface area contributed by atoms with Gasteiger partial charge < -0.3 is 21.5 Å². The van der Waals surface area contributed by atoms with Gasteiger partial charge in [-0.15, -0.1) is 0 Å². The summed E-state index contributed by atoms with van der Waals surface area (Å²) in [7, 11) is 0. The number of carboxylic acids is 1. The molecule has 1 aliphatic rings. The van der Waals surface area contributed by atoms with E-state index in [-0.39, 0.29) is 12.1 Å². The summed E-state index contributed by atoms with van der Waals surface area (Å²) >= 11 is 0. The van der Waals surface area contributed by atoms with Gasteiger partial charge in [-0.2, -0.15) is 0 Å². The van der Waals surface area contributed by atoms with E-state index in [1.54, 1.807) is 18.6 Å². The van der Waals surface area contributed by atoms with Crippen molar-refractivity contribution in [2.75, 3.05) is 49.9 Å². The fourth-order valence-electron chi connectivity index (χ4n) is 4.58. The van der Waals surface area contributed by atoms with Crippen LogP contribution in [0.25, 0.3) is 11.1 Å². The third-order valence-electron chi connectivity index (χ3n) is 6.49. The zero-order valence-corrected chi connectivity index (χ0v) is 21.5. The molecule has 1 saturated heterocycles. The van der Waals surface area contributed by atoms with Crippen molar-refractivity contribution >= 4 is 23.4 Å². The molecule has 10 heteroatoms. The lowest BCUT2D eigenvalue weighted by Crippen LogP contribution is -2.59. The second-order valence-electron chi connectivity index (χ2n) is 9.96. The van der Waals surface area contributed by atoms with Crippen molar-refractivity contribution in [1.82, 2.24) is 24.8 Å². The summed E-state index contributed by atoms with van der Waals surface area (Å²) in [6, 6.07) is 12.2. The Morgan fingerprint density at radius 1 is 1.11 bits per heavy atom. The molecule has 2 aromatic heterocycles. The first-order valence-corrected chi connectivity index (χ1v) is 12.6. The molecule has 0 saturated carbocycles. The normalized spacial score (nSPS) is 15.9. The van der Waals surface area contributed by atoms with Crippen LogP contribution < -0.4 is 16.4 Å². The molecular weight excluding hydrogens is 468 g/mol. The smallest absolute Gasteiger partial charge is 0.317 e. The summed E-state index contributed by atoms with van der Waals surface area (Å²) in [5.41, 5.74) is 9.44. The van der Waals surface area contributed by atoms with Gasteiger partial charge in [-0.1, -0.05) is 12.1 Å². The molecule has 0 spiro atoms. The van der Waals surface area contributed by atoms with E-state index in [0.29, 0.717) is 12.5 Å². The molecule has 3 aromatic rings. The minimum atomic E-state index is -0.777. The van der Waals surface area contributed by atoms with Gasteiger partial charge in [0.25, 0.3) is 0 Å². The molecule has 0 amide bonds. The highest BCUT2D eigenvalue weighted by molar-refractivity contribution is 5.69. The number of piperazine rings is 1. The number of hydrogen-bond acceptors (Lipinski definition) is 9. The van der Waals surface area contributed by atoms with Crippen LogP contribution in [-0.4, -0.2) is 80.6 Å². The molecule has 1 aliphatic heterocycles. The lowest BCUT2D eigenvalue weighted by molar-refractivity contribution is -0.139. The summed E-state index contributed by atoms with van der Waals surface area (Å²) in [4.78, 5) is 28.8. The summed E-state index contributed by atoms with van der Waals surface area (Å²) in [5.74, 6) is 0.552. The van der Waals surface area contributed by atoms with Gasteiger partial charge in [-0.25, -0.2) is 15.0 Å². The van der Waals surface area contributed by atoms with Gasteiger partial charge in [-0.3, -0.25) is 14.6 Å². The fraction of sp³-hybridized carbons (Fsp3) is 0.407. The van der Waals surface area contributed by atoms with Crippen LogP contribution in [-0.2, 0) is 11.3 Å². The second-order valence-corrected chi connectivity index (χ2v) is 9.96. The third kappa shape index (κ3) is 7.45. The summed E-state index contributed by atoms with van der Waals surface area (Å²) in [6.07, 6.45) is 6.24. The highest BCUT2D eigenvalue weighted by atomic mass is 16.4. The number of aliphatic carboxylic acids is 1. The number of rotatable bonds is 11. The minimum Gasteiger partial charge on any atom is -0.480 e. The van der Waals surface area contributed by atoms with E-state index in [0.717, 1.165) is 61.8 Å². The molecule has 0 unspecified atom stereocenters. The first-order chi connectivity index (χ1) is 17.8. The van der Waals surface area contributed by atoms with Crippen molar-refractivity contribution < 1.29 is 9.90 Å². The third-order valence-corrected chi connectivity index (χ3v) is 6.49. The van der Waals surface area contributed by atoms with Crippen molar-refractivity contribution in [3.05, 3.63) is 60.6 Å².